The first-order chi connectivity index (χ1) is 4.63. The first kappa shape index (κ1) is 7.08. The van der Waals surface area contributed by atoms with Gasteiger partial charge in [-0.2, -0.15) is 0 Å². The molecule has 0 saturated carbocycles. The molecular formula is C5H5ClFN3. The molecule has 0 radical (unpaired) electrons. The zero-order valence-corrected chi connectivity index (χ0v) is 5.69. The number of rotatable bonds is 0. The van der Waals surface area contributed by atoms with Gasteiger partial charge in [0.1, 0.15) is 0 Å². The quantitative estimate of drug-likeness (QED) is 0.598. The monoisotopic (exact) mass is 161 g/mol. The van der Waals surface area contributed by atoms with Crippen LogP contribution < -0.4 is 11.5 Å². The molecule has 0 unspecified atom stereocenters. The lowest BCUT2D eigenvalue weighted by molar-refractivity contribution is 0.632. The fourth-order valence-corrected chi connectivity index (χ4v) is 0.627. The van der Waals surface area contributed by atoms with Crippen molar-refractivity contribution >= 4 is 23.1 Å². The maximum atomic E-state index is 12.6. The number of hydrogen-bond acceptors (Lipinski definition) is 3. The molecule has 0 atom stereocenters. The molecule has 1 aromatic rings. The van der Waals surface area contributed by atoms with Gasteiger partial charge in [0.05, 0.1) is 16.9 Å². The van der Waals surface area contributed by atoms with E-state index in [-0.39, 0.29) is 16.5 Å². The van der Waals surface area contributed by atoms with Crippen LogP contribution in [0.3, 0.4) is 0 Å². The summed E-state index contributed by atoms with van der Waals surface area (Å²) in [5.41, 5.74) is 10.1. The third-order valence-corrected chi connectivity index (χ3v) is 1.34. The molecule has 0 fully saturated rings. The standard InChI is InChI=1S/C5H5ClFN3/c6-2-1-10-5(9)3(7)4(2)8/h1H,(H4,8,9,10). The highest BCUT2D eigenvalue weighted by atomic mass is 35.5. The minimum atomic E-state index is -0.757. The zero-order chi connectivity index (χ0) is 7.72. The maximum Gasteiger partial charge on any atom is 0.189 e. The number of hydrogen-bond donors (Lipinski definition) is 2. The van der Waals surface area contributed by atoms with Gasteiger partial charge >= 0.3 is 0 Å². The summed E-state index contributed by atoms with van der Waals surface area (Å²) in [5, 5.41) is 0.0756. The van der Waals surface area contributed by atoms with Crippen LogP contribution in [0.25, 0.3) is 0 Å². The second-order valence-corrected chi connectivity index (χ2v) is 2.13. The minimum Gasteiger partial charge on any atom is -0.395 e. The third-order valence-electron chi connectivity index (χ3n) is 1.04. The normalized spacial score (nSPS) is 9.80. The van der Waals surface area contributed by atoms with Crippen LogP contribution in [0.5, 0.6) is 0 Å². The van der Waals surface area contributed by atoms with E-state index in [1.54, 1.807) is 0 Å². The van der Waals surface area contributed by atoms with Crippen molar-refractivity contribution in [2.75, 3.05) is 11.5 Å². The summed E-state index contributed by atoms with van der Waals surface area (Å²) in [4.78, 5) is 3.43. The molecule has 1 rings (SSSR count). The summed E-state index contributed by atoms with van der Waals surface area (Å²) >= 11 is 5.40. The van der Waals surface area contributed by atoms with Crippen LogP contribution in [0.4, 0.5) is 15.9 Å². The molecule has 0 bridgehead atoms. The Morgan fingerprint density at radius 1 is 1.50 bits per heavy atom. The second kappa shape index (κ2) is 2.30. The highest BCUT2D eigenvalue weighted by Gasteiger charge is 2.06. The molecule has 0 aliphatic rings. The van der Waals surface area contributed by atoms with E-state index in [4.69, 9.17) is 23.1 Å². The zero-order valence-electron chi connectivity index (χ0n) is 4.94. The average Bonchev–Trinajstić information content (AvgIpc) is 1.93. The number of nitrogens with zero attached hydrogens (tertiary/aromatic N) is 1. The highest BCUT2D eigenvalue weighted by Crippen LogP contribution is 2.22. The van der Waals surface area contributed by atoms with Gasteiger partial charge in [-0.1, -0.05) is 11.6 Å². The van der Waals surface area contributed by atoms with Crippen LogP contribution >= 0.6 is 11.6 Å². The van der Waals surface area contributed by atoms with Gasteiger partial charge in [0, 0.05) is 0 Å². The summed E-state index contributed by atoms with van der Waals surface area (Å²) in [6, 6.07) is 0. The van der Waals surface area contributed by atoms with E-state index in [1.807, 2.05) is 0 Å². The SMILES string of the molecule is Nc1ncc(Cl)c(N)c1F. The van der Waals surface area contributed by atoms with Crippen LogP contribution in [0, 0.1) is 5.82 Å². The molecule has 0 aliphatic carbocycles. The molecule has 4 N–H and O–H groups in total. The number of aromatic nitrogens is 1. The van der Waals surface area contributed by atoms with Crippen molar-refractivity contribution in [1.82, 2.24) is 4.98 Å². The van der Waals surface area contributed by atoms with Gasteiger partial charge in [-0.3, -0.25) is 0 Å². The first-order valence-electron chi connectivity index (χ1n) is 2.48. The molecule has 0 spiro atoms. The van der Waals surface area contributed by atoms with Crippen LogP contribution in [0.2, 0.25) is 5.02 Å². The summed E-state index contributed by atoms with van der Waals surface area (Å²) in [6.07, 6.45) is 1.20. The van der Waals surface area contributed by atoms with Crippen molar-refractivity contribution in [3.8, 4) is 0 Å². The molecule has 0 saturated heterocycles. The van der Waals surface area contributed by atoms with Crippen molar-refractivity contribution in [3.05, 3.63) is 17.0 Å². The molecule has 1 heterocycles. The smallest absolute Gasteiger partial charge is 0.189 e. The van der Waals surface area contributed by atoms with Gasteiger partial charge in [0.2, 0.25) is 0 Å². The van der Waals surface area contributed by atoms with Crippen molar-refractivity contribution in [1.29, 1.82) is 0 Å². The van der Waals surface area contributed by atoms with Crippen LogP contribution in [0.1, 0.15) is 0 Å². The lowest BCUT2D eigenvalue weighted by atomic mass is 10.4. The molecule has 0 amide bonds. The Morgan fingerprint density at radius 3 is 2.60 bits per heavy atom. The molecule has 1 aromatic heterocycles. The van der Waals surface area contributed by atoms with Crippen molar-refractivity contribution < 1.29 is 4.39 Å². The fraction of sp³-hybridized carbons (Fsp3) is 0. The van der Waals surface area contributed by atoms with E-state index < -0.39 is 5.82 Å². The third kappa shape index (κ3) is 0.974. The number of pyridine rings is 1. The molecule has 54 valence electrons. The van der Waals surface area contributed by atoms with Crippen molar-refractivity contribution in [2.45, 2.75) is 0 Å². The van der Waals surface area contributed by atoms with Crippen molar-refractivity contribution in [2.24, 2.45) is 0 Å². The predicted octanol–water partition coefficient (Wildman–Crippen LogP) is 1.04. The Hall–Kier alpha value is -1.03. The molecule has 5 heteroatoms. The number of halogens is 2. The summed E-state index contributed by atoms with van der Waals surface area (Å²) in [5.74, 6) is -0.991. The molecule has 0 aromatic carbocycles. The van der Waals surface area contributed by atoms with E-state index in [0.717, 1.165) is 0 Å². The van der Waals surface area contributed by atoms with Gasteiger partial charge < -0.3 is 11.5 Å². The predicted molar refractivity (Wildman–Crippen MR) is 38.0 cm³/mol. The largest absolute Gasteiger partial charge is 0.395 e. The Labute approximate surface area is 61.8 Å². The Morgan fingerprint density at radius 2 is 2.10 bits per heavy atom. The molecule has 0 aliphatic heterocycles. The van der Waals surface area contributed by atoms with Gasteiger partial charge in [-0.05, 0) is 0 Å². The number of nitrogen functional groups attached to an aromatic ring is 2. The van der Waals surface area contributed by atoms with E-state index in [1.165, 1.54) is 6.20 Å². The van der Waals surface area contributed by atoms with Crippen LogP contribution in [-0.4, -0.2) is 4.98 Å². The average molecular weight is 162 g/mol. The lowest BCUT2D eigenvalue weighted by Gasteiger charge is -1.99. The minimum absolute atomic E-state index is 0.0756. The molecule has 3 nitrogen and oxygen atoms in total. The molecule has 10 heavy (non-hydrogen) atoms. The summed E-state index contributed by atoms with van der Waals surface area (Å²) < 4.78 is 12.6. The number of nitrogens with two attached hydrogens (primary N) is 2. The van der Waals surface area contributed by atoms with Crippen LogP contribution in [0.15, 0.2) is 6.20 Å². The van der Waals surface area contributed by atoms with E-state index in [0.29, 0.717) is 0 Å². The van der Waals surface area contributed by atoms with Crippen molar-refractivity contribution in [3.63, 3.8) is 0 Å². The lowest BCUT2D eigenvalue weighted by Crippen LogP contribution is -1.99. The Balaban J connectivity index is 3.34. The van der Waals surface area contributed by atoms with E-state index in [9.17, 15) is 4.39 Å². The fourth-order valence-electron chi connectivity index (χ4n) is 0.495. The van der Waals surface area contributed by atoms with Gasteiger partial charge in [-0.15, -0.1) is 0 Å². The van der Waals surface area contributed by atoms with Gasteiger partial charge in [0.25, 0.3) is 0 Å². The van der Waals surface area contributed by atoms with Gasteiger partial charge in [0.15, 0.2) is 11.6 Å². The van der Waals surface area contributed by atoms with Gasteiger partial charge in [-0.25, -0.2) is 9.37 Å². The maximum absolute atomic E-state index is 12.6. The highest BCUT2D eigenvalue weighted by molar-refractivity contribution is 6.33. The Kier molecular flexibility index (Phi) is 1.63. The topological polar surface area (TPSA) is 64.9 Å². The summed E-state index contributed by atoms with van der Waals surface area (Å²) in [6.45, 7) is 0. The second-order valence-electron chi connectivity index (χ2n) is 1.72. The summed E-state index contributed by atoms with van der Waals surface area (Å²) in [7, 11) is 0. The van der Waals surface area contributed by atoms with E-state index >= 15 is 0 Å². The first-order valence-corrected chi connectivity index (χ1v) is 2.85. The van der Waals surface area contributed by atoms with Crippen LogP contribution in [-0.2, 0) is 0 Å². The number of anilines is 2. The van der Waals surface area contributed by atoms with E-state index in [2.05, 4.69) is 4.98 Å². The Bertz CT molecular complexity index is 236. The molecular weight excluding hydrogens is 157 g/mol.